The van der Waals surface area contributed by atoms with Gasteiger partial charge in [0, 0.05) is 0 Å². The first kappa shape index (κ1) is 6.99. The molecule has 1 saturated heterocycles. The quantitative estimate of drug-likeness (QED) is 0.526. The monoisotopic (exact) mass is 131 g/mol. The molecule has 1 aliphatic rings. The van der Waals surface area contributed by atoms with Crippen LogP contribution in [0.1, 0.15) is 0 Å². The standard InChI is InChI=1S/C6H13NO2/c1-7-6-4-8-2-3-9-5-6/h6-7H,2-5H2,1H3. The van der Waals surface area contributed by atoms with Crippen molar-refractivity contribution in [3.05, 3.63) is 0 Å². The Balaban J connectivity index is 2.18. The summed E-state index contributed by atoms with van der Waals surface area (Å²) in [6.45, 7) is 3.02. The van der Waals surface area contributed by atoms with Crippen LogP contribution in [0, 0.1) is 0 Å². The highest BCUT2D eigenvalue weighted by Crippen LogP contribution is 1.92. The summed E-state index contributed by atoms with van der Waals surface area (Å²) >= 11 is 0. The van der Waals surface area contributed by atoms with Gasteiger partial charge in [-0.2, -0.15) is 0 Å². The lowest BCUT2D eigenvalue weighted by molar-refractivity contribution is 0.103. The molecule has 1 aliphatic heterocycles. The summed E-state index contributed by atoms with van der Waals surface area (Å²) in [5, 5.41) is 3.09. The Kier molecular flexibility index (Phi) is 2.97. The molecule has 54 valence electrons. The summed E-state index contributed by atoms with van der Waals surface area (Å²) < 4.78 is 10.4. The molecule has 0 amide bonds. The van der Waals surface area contributed by atoms with Crippen molar-refractivity contribution < 1.29 is 9.47 Å². The van der Waals surface area contributed by atoms with E-state index in [0.29, 0.717) is 6.04 Å². The van der Waals surface area contributed by atoms with Crippen LogP contribution < -0.4 is 5.32 Å². The molecular formula is C6H13NO2. The molecule has 0 bridgehead atoms. The van der Waals surface area contributed by atoms with E-state index in [4.69, 9.17) is 9.47 Å². The molecule has 1 N–H and O–H groups in total. The Labute approximate surface area is 55.3 Å². The molecule has 0 atom stereocenters. The molecule has 3 nitrogen and oxygen atoms in total. The van der Waals surface area contributed by atoms with Gasteiger partial charge in [-0.05, 0) is 7.05 Å². The first-order chi connectivity index (χ1) is 4.43. The molecule has 1 heterocycles. The third-order valence-electron chi connectivity index (χ3n) is 1.42. The highest BCUT2D eigenvalue weighted by molar-refractivity contribution is 4.63. The van der Waals surface area contributed by atoms with Crippen LogP contribution in [0.3, 0.4) is 0 Å². The highest BCUT2D eigenvalue weighted by Gasteiger charge is 2.08. The molecule has 0 aliphatic carbocycles. The summed E-state index contributed by atoms with van der Waals surface area (Å²) in [5.41, 5.74) is 0. The average molecular weight is 131 g/mol. The topological polar surface area (TPSA) is 30.5 Å². The highest BCUT2D eigenvalue weighted by atomic mass is 16.5. The van der Waals surface area contributed by atoms with Crippen molar-refractivity contribution in [2.45, 2.75) is 6.04 Å². The number of nitrogens with one attached hydrogen (secondary N) is 1. The summed E-state index contributed by atoms with van der Waals surface area (Å²) in [5.74, 6) is 0. The molecule has 0 radical (unpaired) electrons. The van der Waals surface area contributed by atoms with Gasteiger partial charge in [0.2, 0.25) is 0 Å². The zero-order valence-electron chi connectivity index (χ0n) is 5.72. The molecule has 0 unspecified atom stereocenters. The fraction of sp³-hybridized carbons (Fsp3) is 1.00. The Morgan fingerprint density at radius 3 is 2.22 bits per heavy atom. The zero-order valence-corrected chi connectivity index (χ0v) is 5.72. The van der Waals surface area contributed by atoms with E-state index < -0.39 is 0 Å². The van der Waals surface area contributed by atoms with Crippen LogP contribution in [0.4, 0.5) is 0 Å². The van der Waals surface area contributed by atoms with Crippen LogP contribution in [-0.4, -0.2) is 39.5 Å². The minimum absolute atomic E-state index is 0.382. The predicted molar refractivity (Wildman–Crippen MR) is 34.5 cm³/mol. The van der Waals surface area contributed by atoms with Crippen molar-refractivity contribution in [2.24, 2.45) is 0 Å². The lowest BCUT2D eigenvalue weighted by atomic mass is 10.3. The van der Waals surface area contributed by atoms with Crippen LogP contribution in [0.15, 0.2) is 0 Å². The molecule has 0 aromatic heterocycles. The molecule has 0 saturated carbocycles. The lowest BCUT2D eigenvalue weighted by Crippen LogP contribution is -2.32. The van der Waals surface area contributed by atoms with Crippen molar-refractivity contribution in [2.75, 3.05) is 33.5 Å². The summed E-state index contributed by atoms with van der Waals surface area (Å²) in [6, 6.07) is 0.382. The van der Waals surface area contributed by atoms with Crippen molar-refractivity contribution in [3.8, 4) is 0 Å². The molecular weight excluding hydrogens is 118 g/mol. The fourth-order valence-electron chi connectivity index (χ4n) is 0.784. The minimum Gasteiger partial charge on any atom is -0.377 e. The maximum Gasteiger partial charge on any atom is 0.0701 e. The second kappa shape index (κ2) is 3.82. The van der Waals surface area contributed by atoms with Gasteiger partial charge in [-0.3, -0.25) is 0 Å². The average Bonchev–Trinajstić information content (AvgIpc) is 2.13. The SMILES string of the molecule is CNC1COCCOC1. The second-order valence-corrected chi connectivity index (χ2v) is 2.14. The van der Waals surface area contributed by atoms with E-state index in [1.807, 2.05) is 7.05 Å². The number of rotatable bonds is 1. The first-order valence-corrected chi connectivity index (χ1v) is 3.26. The molecule has 0 aromatic rings. The van der Waals surface area contributed by atoms with Crippen LogP contribution >= 0.6 is 0 Å². The number of hydrogen-bond acceptors (Lipinski definition) is 3. The number of likely N-dealkylation sites (N-methyl/N-ethyl adjacent to an activating group) is 1. The molecule has 0 aromatic carbocycles. The smallest absolute Gasteiger partial charge is 0.0701 e. The van der Waals surface area contributed by atoms with E-state index in [1.165, 1.54) is 0 Å². The Bertz CT molecular complexity index is 69.5. The maximum absolute atomic E-state index is 5.21. The van der Waals surface area contributed by atoms with Crippen LogP contribution in [0.25, 0.3) is 0 Å². The van der Waals surface area contributed by atoms with Gasteiger partial charge in [-0.1, -0.05) is 0 Å². The second-order valence-electron chi connectivity index (χ2n) is 2.14. The molecule has 1 fully saturated rings. The maximum atomic E-state index is 5.21. The van der Waals surface area contributed by atoms with Crippen molar-refractivity contribution in [1.82, 2.24) is 5.32 Å². The van der Waals surface area contributed by atoms with Gasteiger partial charge < -0.3 is 14.8 Å². The van der Waals surface area contributed by atoms with Gasteiger partial charge in [0.1, 0.15) is 0 Å². The molecule has 3 heteroatoms. The van der Waals surface area contributed by atoms with E-state index in [0.717, 1.165) is 26.4 Å². The van der Waals surface area contributed by atoms with Gasteiger partial charge in [-0.25, -0.2) is 0 Å². The van der Waals surface area contributed by atoms with E-state index in [2.05, 4.69) is 5.32 Å². The lowest BCUT2D eigenvalue weighted by Gasteiger charge is -2.09. The third-order valence-corrected chi connectivity index (χ3v) is 1.42. The first-order valence-electron chi connectivity index (χ1n) is 3.26. The van der Waals surface area contributed by atoms with Gasteiger partial charge in [0.15, 0.2) is 0 Å². The number of hydrogen-bond donors (Lipinski definition) is 1. The summed E-state index contributed by atoms with van der Waals surface area (Å²) in [7, 11) is 1.92. The zero-order chi connectivity index (χ0) is 6.53. The van der Waals surface area contributed by atoms with E-state index in [1.54, 1.807) is 0 Å². The van der Waals surface area contributed by atoms with Gasteiger partial charge >= 0.3 is 0 Å². The van der Waals surface area contributed by atoms with E-state index in [-0.39, 0.29) is 0 Å². The summed E-state index contributed by atoms with van der Waals surface area (Å²) in [4.78, 5) is 0. The Morgan fingerprint density at radius 1 is 1.22 bits per heavy atom. The van der Waals surface area contributed by atoms with Gasteiger partial charge in [0.25, 0.3) is 0 Å². The van der Waals surface area contributed by atoms with E-state index in [9.17, 15) is 0 Å². The normalized spacial score (nSPS) is 23.7. The summed E-state index contributed by atoms with van der Waals surface area (Å²) in [6.07, 6.45) is 0. The van der Waals surface area contributed by atoms with Gasteiger partial charge in [-0.15, -0.1) is 0 Å². The molecule has 0 spiro atoms. The largest absolute Gasteiger partial charge is 0.377 e. The van der Waals surface area contributed by atoms with Gasteiger partial charge in [0.05, 0.1) is 32.5 Å². The Hall–Kier alpha value is -0.120. The van der Waals surface area contributed by atoms with Crippen LogP contribution in [-0.2, 0) is 9.47 Å². The van der Waals surface area contributed by atoms with Crippen LogP contribution in [0.5, 0.6) is 0 Å². The molecule has 9 heavy (non-hydrogen) atoms. The predicted octanol–water partition coefficient (Wildman–Crippen LogP) is -0.379. The van der Waals surface area contributed by atoms with E-state index >= 15 is 0 Å². The molecule has 1 rings (SSSR count). The van der Waals surface area contributed by atoms with Crippen molar-refractivity contribution in [3.63, 3.8) is 0 Å². The Morgan fingerprint density at radius 2 is 1.78 bits per heavy atom. The van der Waals surface area contributed by atoms with Crippen LogP contribution in [0.2, 0.25) is 0 Å². The van der Waals surface area contributed by atoms with Crippen molar-refractivity contribution >= 4 is 0 Å². The number of ether oxygens (including phenoxy) is 2. The fourth-order valence-corrected chi connectivity index (χ4v) is 0.784. The third kappa shape index (κ3) is 2.30. The van der Waals surface area contributed by atoms with Crippen molar-refractivity contribution in [1.29, 1.82) is 0 Å². The minimum atomic E-state index is 0.382.